The molecule has 228 valence electrons. The summed E-state index contributed by atoms with van der Waals surface area (Å²) in [4.78, 5) is 34.6. The second kappa shape index (κ2) is 11.7. The Balaban J connectivity index is 1.42. The number of aliphatic imine (C=N–C) groups is 2. The number of anilines is 1. The summed E-state index contributed by atoms with van der Waals surface area (Å²) in [6, 6.07) is 5.46. The molecule has 0 spiro atoms. The first kappa shape index (κ1) is 30.1. The molecule has 43 heavy (non-hydrogen) atoms. The zero-order valence-electron chi connectivity index (χ0n) is 22.4. The molecule has 3 aliphatic heterocycles. The Labute approximate surface area is 243 Å². The smallest absolute Gasteiger partial charge is 0.355 e. The van der Waals surface area contributed by atoms with Crippen molar-refractivity contribution in [3.05, 3.63) is 53.1 Å². The van der Waals surface area contributed by atoms with Crippen LogP contribution in [0.25, 0.3) is 6.08 Å². The Morgan fingerprint density at radius 3 is 2.56 bits per heavy atom. The highest BCUT2D eigenvalue weighted by Gasteiger charge is 2.55. The molecule has 2 aromatic rings. The van der Waals surface area contributed by atoms with Crippen LogP contribution in [0.3, 0.4) is 0 Å². The van der Waals surface area contributed by atoms with Crippen LogP contribution in [-0.2, 0) is 27.2 Å². The monoisotopic (exact) mass is 599 g/mol. The van der Waals surface area contributed by atoms with Gasteiger partial charge in [-0.05, 0) is 35.4 Å². The second-order valence-electron chi connectivity index (χ2n) is 10.2. The number of phenolic OH excluding ortho intramolecular Hbond substituents is 2. The van der Waals surface area contributed by atoms with Gasteiger partial charge in [0.05, 0.1) is 18.0 Å². The highest BCUT2D eigenvalue weighted by Crippen LogP contribution is 2.43. The Kier molecular flexibility index (Phi) is 8.20. The van der Waals surface area contributed by atoms with Gasteiger partial charge in [-0.2, -0.15) is 0 Å². The number of aliphatic carboxylic acids is 1. The molecular formula is C28H29N3O12. The van der Waals surface area contributed by atoms with E-state index in [1.54, 1.807) is 18.3 Å². The summed E-state index contributed by atoms with van der Waals surface area (Å²) >= 11 is 0. The number of carbonyl (C=O) groups is 2. The van der Waals surface area contributed by atoms with Gasteiger partial charge in [-0.1, -0.05) is 6.07 Å². The van der Waals surface area contributed by atoms with Crippen molar-refractivity contribution in [1.29, 1.82) is 0 Å². The molecule has 6 unspecified atom stereocenters. The average Bonchev–Trinajstić information content (AvgIpc) is 3.62. The van der Waals surface area contributed by atoms with Gasteiger partial charge in [0.2, 0.25) is 0 Å². The molecule has 0 bridgehead atoms. The summed E-state index contributed by atoms with van der Waals surface area (Å²) < 4.78 is 10.4. The number of hydrogen-bond acceptors (Lipinski definition) is 13. The SMILES string of the molecule is O=C(O)C1Cc2cc(O)c(OC3(O)OC(CO)C(O)C(O)C3O)cc2N1C(=O)C=Cc1ccc(O)c(CC2=NCN=C2)c1. The Morgan fingerprint density at radius 1 is 1.12 bits per heavy atom. The fourth-order valence-electron chi connectivity index (χ4n) is 5.09. The Bertz CT molecular complexity index is 1520. The van der Waals surface area contributed by atoms with Crippen molar-refractivity contribution in [1.82, 2.24) is 0 Å². The zero-order chi connectivity index (χ0) is 31.1. The lowest BCUT2D eigenvalue weighted by atomic mass is 9.98. The lowest BCUT2D eigenvalue weighted by Gasteiger charge is -2.44. The van der Waals surface area contributed by atoms with Crippen LogP contribution in [0.4, 0.5) is 5.69 Å². The van der Waals surface area contributed by atoms with E-state index in [4.69, 9.17) is 9.47 Å². The van der Waals surface area contributed by atoms with Crippen LogP contribution in [0.5, 0.6) is 17.2 Å². The summed E-state index contributed by atoms with van der Waals surface area (Å²) in [6.45, 7) is -0.550. The predicted octanol–water partition coefficient (Wildman–Crippen LogP) is -1.32. The topological polar surface area (TPSA) is 242 Å². The van der Waals surface area contributed by atoms with E-state index < -0.39 is 66.4 Å². The zero-order valence-corrected chi connectivity index (χ0v) is 22.4. The number of amides is 1. The van der Waals surface area contributed by atoms with Gasteiger partial charge in [0, 0.05) is 36.8 Å². The number of carbonyl (C=O) groups excluding carboxylic acids is 1. The fraction of sp³-hybridized carbons (Fsp3) is 0.357. The summed E-state index contributed by atoms with van der Waals surface area (Å²) in [7, 11) is 0. The molecule has 0 radical (unpaired) electrons. The number of phenols is 2. The molecule has 3 aliphatic rings. The van der Waals surface area contributed by atoms with Crippen molar-refractivity contribution in [2.45, 2.75) is 49.3 Å². The number of carboxylic acid groups (broad SMARTS) is 1. The van der Waals surface area contributed by atoms with Crippen molar-refractivity contribution in [3.8, 4) is 17.2 Å². The van der Waals surface area contributed by atoms with Gasteiger partial charge < -0.3 is 50.3 Å². The summed E-state index contributed by atoms with van der Waals surface area (Å²) in [5.41, 5.74) is 2.02. The lowest BCUT2D eigenvalue weighted by Crippen LogP contribution is -2.67. The summed E-state index contributed by atoms with van der Waals surface area (Å²) in [6.07, 6.45) is -3.30. The molecule has 8 N–H and O–H groups in total. The maximum Gasteiger partial charge on any atom is 0.355 e. The predicted molar refractivity (Wildman–Crippen MR) is 148 cm³/mol. The minimum atomic E-state index is -3.05. The largest absolute Gasteiger partial charge is 0.508 e. The molecule has 1 fully saturated rings. The number of aliphatic hydroxyl groups excluding tert-OH is 4. The molecule has 6 atom stereocenters. The van der Waals surface area contributed by atoms with Crippen LogP contribution < -0.4 is 9.64 Å². The third-order valence-corrected chi connectivity index (χ3v) is 7.34. The average molecular weight is 600 g/mol. The number of rotatable bonds is 8. The quantitative estimate of drug-likeness (QED) is 0.130. The van der Waals surface area contributed by atoms with Crippen molar-refractivity contribution in [3.63, 3.8) is 0 Å². The first-order valence-corrected chi connectivity index (χ1v) is 13.1. The van der Waals surface area contributed by atoms with Crippen LogP contribution in [0.2, 0.25) is 0 Å². The number of hydrogen-bond donors (Lipinski definition) is 8. The summed E-state index contributed by atoms with van der Waals surface area (Å²) in [5.74, 6) is -6.29. The van der Waals surface area contributed by atoms with Crippen molar-refractivity contribution in [2.24, 2.45) is 9.98 Å². The molecule has 5 rings (SSSR count). The van der Waals surface area contributed by atoms with Crippen molar-refractivity contribution in [2.75, 3.05) is 18.2 Å². The minimum absolute atomic E-state index is 0.00738. The first-order chi connectivity index (χ1) is 20.4. The number of aromatic hydroxyl groups is 2. The van der Waals surface area contributed by atoms with Crippen molar-refractivity contribution < 1.29 is 59.9 Å². The number of aliphatic hydroxyl groups is 5. The van der Waals surface area contributed by atoms with E-state index >= 15 is 0 Å². The molecule has 15 heteroatoms. The van der Waals surface area contributed by atoms with Crippen LogP contribution in [-0.4, -0.2) is 114 Å². The van der Waals surface area contributed by atoms with E-state index in [1.807, 2.05) is 0 Å². The summed E-state index contributed by atoms with van der Waals surface area (Å²) in [5, 5.41) is 81.3. The molecule has 15 nitrogen and oxygen atoms in total. The normalized spacial score (nSPS) is 28.3. The van der Waals surface area contributed by atoms with Crippen molar-refractivity contribution >= 4 is 35.6 Å². The minimum Gasteiger partial charge on any atom is -0.508 e. The van der Waals surface area contributed by atoms with E-state index in [0.29, 0.717) is 29.9 Å². The van der Waals surface area contributed by atoms with Gasteiger partial charge in [-0.25, -0.2) is 4.79 Å². The highest BCUT2D eigenvalue weighted by molar-refractivity contribution is 6.32. The molecule has 1 saturated heterocycles. The number of ether oxygens (including phenoxy) is 2. The van der Waals surface area contributed by atoms with E-state index in [0.717, 1.165) is 23.1 Å². The third-order valence-electron chi connectivity index (χ3n) is 7.34. The number of nitrogens with zero attached hydrogens (tertiary/aromatic N) is 3. The standard InChI is InChI=1S/C28H29N3O12/c32-11-22-24(36)25(37)26(38)28(41,43-22)42-21-9-17-14(8-20(21)34)7-18(27(39)40)31(17)23(35)4-2-13-1-3-19(33)15(5-13)6-16-10-29-12-30-16/h1-5,8-10,18,22,24-26,32-34,36-38,41H,6-7,11-12H2,(H,39,40). The maximum atomic E-state index is 13.4. The molecule has 1 amide bonds. The molecule has 0 aromatic heterocycles. The van der Waals surface area contributed by atoms with Crippen LogP contribution in [0.15, 0.2) is 46.4 Å². The van der Waals surface area contributed by atoms with Crippen LogP contribution in [0.1, 0.15) is 16.7 Å². The van der Waals surface area contributed by atoms with Gasteiger partial charge in [0.1, 0.15) is 36.8 Å². The van der Waals surface area contributed by atoms with E-state index in [2.05, 4.69) is 9.98 Å². The van der Waals surface area contributed by atoms with E-state index in [9.17, 15) is 50.4 Å². The van der Waals surface area contributed by atoms with Gasteiger partial charge in [0.25, 0.3) is 5.91 Å². The Morgan fingerprint density at radius 2 is 1.88 bits per heavy atom. The first-order valence-electron chi connectivity index (χ1n) is 13.1. The van der Waals surface area contributed by atoms with Crippen LogP contribution in [0, 0.1) is 0 Å². The maximum absolute atomic E-state index is 13.4. The molecule has 0 aliphatic carbocycles. The third kappa shape index (κ3) is 5.81. The number of benzene rings is 2. The van der Waals surface area contributed by atoms with E-state index in [-0.39, 0.29) is 23.4 Å². The number of carboxylic acids is 1. The van der Waals surface area contributed by atoms with Gasteiger partial charge in [-0.15, -0.1) is 0 Å². The number of fused-ring (bicyclic) bond motifs is 1. The highest BCUT2D eigenvalue weighted by atomic mass is 16.8. The second-order valence-corrected chi connectivity index (χ2v) is 10.2. The van der Waals surface area contributed by atoms with Gasteiger partial charge in [0.15, 0.2) is 17.6 Å². The van der Waals surface area contributed by atoms with Gasteiger partial charge in [-0.3, -0.25) is 19.7 Å². The fourth-order valence-corrected chi connectivity index (χ4v) is 5.09. The molecular weight excluding hydrogens is 570 g/mol. The van der Waals surface area contributed by atoms with Gasteiger partial charge >= 0.3 is 11.9 Å². The molecule has 3 heterocycles. The lowest BCUT2D eigenvalue weighted by molar-refractivity contribution is -0.422. The van der Waals surface area contributed by atoms with Crippen LogP contribution >= 0.6 is 0 Å². The molecule has 2 aromatic carbocycles. The Hall–Kier alpha value is -4.38. The van der Waals surface area contributed by atoms with E-state index in [1.165, 1.54) is 12.1 Å². The molecule has 0 saturated carbocycles.